The van der Waals surface area contributed by atoms with Crippen molar-refractivity contribution in [3.63, 3.8) is 0 Å². The number of rotatable bonds is 4. The van der Waals surface area contributed by atoms with E-state index in [4.69, 9.17) is 0 Å². The molecule has 0 radical (unpaired) electrons. The Bertz CT molecular complexity index is 1760. The molecule has 13 nitrogen and oxygen atoms in total. The van der Waals surface area contributed by atoms with E-state index in [1.54, 1.807) is 60.0 Å². The summed E-state index contributed by atoms with van der Waals surface area (Å²) in [7, 11) is 0. The lowest BCUT2D eigenvalue weighted by atomic mass is 9.64. The Morgan fingerprint density at radius 2 is 1.05 bits per heavy atom. The Morgan fingerprint density at radius 3 is 1.41 bits per heavy atom. The highest BCUT2D eigenvalue weighted by Gasteiger charge is 2.57. The van der Waals surface area contributed by atoms with Crippen LogP contribution in [0.25, 0.3) is 22.1 Å². The maximum absolute atomic E-state index is 13.7. The van der Waals surface area contributed by atoms with Gasteiger partial charge >= 0.3 is 0 Å². The minimum absolute atomic E-state index is 0.0304. The second-order valence-electron chi connectivity index (χ2n) is 12.1. The molecule has 0 atom stereocenters. The molecule has 4 heterocycles. The summed E-state index contributed by atoms with van der Waals surface area (Å²) >= 11 is 0. The number of nitrogens with one attached hydrogen (secondary N) is 2. The minimum Gasteiger partial charge on any atom is -0.337 e. The molecule has 2 bridgehead atoms. The number of ketones is 1. The van der Waals surface area contributed by atoms with Gasteiger partial charge in [0.15, 0.2) is 17.4 Å². The molecule has 2 aromatic heterocycles. The standard InChI is InChI=1S/C31H30N8O5/c1-17(40)34-25-11-32-23-9-19(5-7-21(23)36-25)27(42)38-13-30(3)15-39(16-31(4,14-38)29(30)44)28(43)20-6-8-22-24(10-20)33-12-26(37-22)35-18(2)41/h5-12H,13-16H2,1-4H3,(H,34,36,40)(H,35,37,41). The molecule has 0 spiro atoms. The first-order valence-corrected chi connectivity index (χ1v) is 14.1. The summed E-state index contributed by atoms with van der Waals surface area (Å²) in [6.45, 7) is 7.00. The third kappa shape index (κ3) is 5.21. The van der Waals surface area contributed by atoms with Gasteiger partial charge in [0.2, 0.25) is 11.8 Å². The number of fused-ring (bicyclic) bond motifs is 4. The number of Topliss-reactive ketones (excluding diaryl/α,β-unsaturated/α-hetero) is 1. The van der Waals surface area contributed by atoms with Crippen molar-refractivity contribution in [3.05, 3.63) is 59.9 Å². The molecule has 2 N–H and O–H groups in total. The van der Waals surface area contributed by atoms with Crippen LogP contribution in [-0.2, 0) is 14.4 Å². The predicted octanol–water partition coefficient (Wildman–Crippen LogP) is 2.68. The lowest BCUT2D eigenvalue weighted by Crippen LogP contribution is -2.69. The van der Waals surface area contributed by atoms with Crippen molar-refractivity contribution in [3.8, 4) is 0 Å². The Hall–Kier alpha value is -5.33. The molecule has 2 fully saturated rings. The number of likely N-dealkylation sites (tertiary alicyclic amines) is 2. The number of carbonyl (C=O) groups is 5. The van der Waals surface area contributed by atoms with Crippen LogP contribution in [0.15, 0.2) is 48.8 Å². The summed E-state index contributed by atoms with van der Waals surface area (Å²) in [5, 5.41) is 5.18. The van der Waals surface area contributed by atoms with Crippen LogP contribution in [0.2, 0.25) is 0 Å². The van der Waals surface area contributed by atoms with Gasteiger partial charge in [-0.1, -0.05) is 0 Å². The van der Waals surface area contributed by atoms with Crippen LogP contribution in [0, 0.1) is 10.8 Å². The fraction of sp³-hybridized carbons (Fsp3) is 0.323. The van der Waals surface area contributed by atoms with E-state index in [0.717, 1.165) is 0 Å². The molecule has 2 aliphatic heterocycles. The van der Waals surface area contributed by atoms with E-state index in [1.807, 2.05) is 0 Å². The van der Waals surface area contributed by atoms with E-state index in [-0.39, 0.29) is 55.6 Å². The summed E-state index contributed by atoms with van der Waals surface area (Å²) in [4.78, 5) is 84.6. The normalized spacial score (nSPS) is 21.3. The lowest BCUT2D eigenvalue weighted by molar-refractivity contribution is -0.153. The van der Waals surface area contributed by atoms with Crippen molar-refractivity contribution >= 4 is 63.1 Å². The number of anilines is 2. The third-order valence-electron chi connectivity index (χ3n) is 8.02. The molecule has 4 amide bonds. The molecular formula is C31H30N8O5. The number of amides is 4. The fourth-order valence-corrected chi connectivity index (χ4v) is 6.33. The Morgan fingerprint density at radius 1 is 0.659 bits per heavy atom. The van der Waals surface area contributed by atoms with Crippen LogP contribution in [0.5, 0.6) is 0 Å². The molecule has 2 aliphatic rings. The van der Waals surface area contributed by atoms with Gasteiger partial charge in [0, 0.05) is 51.2 Å². The number of hydrogen-bond donors (Lipinski definition) is 2. The highest BCUT2D eigenvalue weighted by atomic mass is 16.2. The van der Waals surface area contributed by atoms with Gasteiger partial charge in [-0.25, -0.2) is 9.97 Å². The maximum atomic E-state index is 13.7. The number of aromatic nitrogens is 4. The van der Waals surface area contributed by atoms with Crippen LogP contribution in [0.4, 0.5) is 11.6 Å². The Kier molecular flexibility index (Phi) is 6.82. The van der Waals surface area contributed by atoms with Gasteiger partial charge in [-0.15, -0.1) is 0 Å². The fourth-order valence-electron chi connectivity index (χ4n) is 6.33. The summed E-state index contributed by atoms with van der Waals surface area (Å²) in [6, 6.07) is 9.97. The van der Waals surface area contributed by atoms with Crippen LogP contribution < -0.4 is 10.6 Å². The SMILES string of the molecule is CC(=O)Nc1cnc2cc(C(=O)N3CC4(C)CN(C(=O)c5ccc6nc(NC(C)=O)cnc6c5)CC(C)(C3)C4=O)ccc2n1. The first kappa shape index (κ1) is 28.8. The van der Waals surface area contributed by atoms with Crippen LogP contribution in [0.1, 0.15) is 48.4 Å². The first-order chi connectivity index (χ1) is 20.8. The van der Waals surface area contributed by atoms with E-state index in [2.05, 4.69) is 30.6 Å². The zero-order valence-corrected chi connectivity index (χ0v) is 24.7. The Balaban J connectivity index is 1.22. The van der Waals surface area contributed by atoms with Gasteiger partial charge in [0.25, 0.3) is 11.8 Å². The van der Waals surface area contributed by atoms with Crippen LogP contribution in [-0.4, -0.2) is 85.3 Å². The Labute approximate surface area is 252 Å². The highest BCUT2D eigenvalue weighted by Crippen LogP contribution is 2.43. The third-order valence-corrected chi connectivity index (χ3v) is 8.02. The quantitative estimate of drug-likeness (QED) is 0.361. The van der Waals surface area contributed by atoms with Gasteiger partial charge < -0.3 is 20.4 Å². The van der Waals surface area contributed by atoms with Crippen molar-refractivity contribution in [1.82, 2.24) is 29.7 Å². The van der Waals surface area contributed by atoms with Gasteiger partial charge in [0.1, 0.15) is 0 Å². The molecule has 0 aliphatic carbocycles. The van der Waals surface area contributed by atoms with E-state index in [9.17, 15) is 24.0 Å². The monoisotopic (exact) mass is 594 g/mol. The number of hydrogen-bond acceptors (Lipinski definition) is 9. The molecule has 6 rings (SSSR count). The topological polar surface area (TPSA) is 167 Å². The highest BCUT2D eigenvalue weighted by molar-refractivity contribution is 6.03. The number of nitrogens with zero attached hydrogens (tertiary/aromatic N) is 6. The van der Waals surface area contributed by atoms with Gasteiger partial charge in [-0.3, -0.25) is 33.9 Å². The summed E-state index contributed by atoms with van der Waals surface area (Å²) in [5.41, 5.74) is 0.932. The van der Waals surface area contributed by atoms with Crippen molar-refractivity contribution in [2.24, 2.45) is 10.8 Å². The second kappa shape index (κ2) is 10.4. The molecule has 44 heavy (non-hydrogen) atoms. The van der Waals surface area contributed by atoms with Gasteiger partial charge in [-0.05, 0) is 50.2 Å². The smallest absolute Gasteiger partial charge is 0.253 e. The number of carbonyl (C=O) groups excluding carboxylic acids is 5. The average molecular weight is 595 g/mol. The summed E-state index contributed by atoms with van der Waals surface area (Å²) < 4.78 is 0. The molecule has 13 heteroatoms. The molecule has 4 aromatic rings. The molecule has 224 valence electrons. The second-order valence-corrected chi connectivity index (χ2v) is 12.1. The van der Waals surface area contributed by atoms with Gasteiger partial charge in [-0.2, -0.15) is 0 Å². The van der Waals surface area contributed by atoms with Crippen molar-refractivity contribution in [2.75, 3.05) is 36.8 Å². The average Bonchev–Trinajstić information content (AvgIpc) is 2.96. The predicted molar refractivity (Wildman–Crippen MR) is 161 cm³/mol. The van der Waals surface area contributed by atoms with Crippen molar-refractivity contribution in [2.45, 2.75) is 27.7 Å². The number of benzene rings is 2. The van der Waals surface area contributed by atoms with E-state index >= 15 is 0 Å². The van der Waals surface area contributed by atoms with Crippen molar-refractivity contribution in [1.29, 1.82) is 0 Å². The maximum Gasteiger partial charge on any atom is 0.253 e. The van der Waals surface area contributed by atoms with E-state index < -0.39 is 10.8 Å². The zero-order chi connectivity index (χ0) is 31.4. The van der Waals surface area contributed by atoms with Gasteiger partial charge in [0.05, 0.1) is 45.3 Å². The molecular weight excluding hydrogens is 564 g/mol. The first-order valence-electron chi connectivity index (χ1n) is 14.1. The largest absolute Gasteiger partial charge is 0.337 e. The zero-order valence-electron chi connectivity index (χ0n) is 24.7. The molecule has 0 unspecified atom stereocenters. The molecule has 0 saturated carbocycles. The lowest BCUT2D eigenvalue weighted by Gasteiger charge is -2.55. The van der Waals surface area contributed by atoms with Crippen LogP contribution in [0.3, 0.4) is 0 Å². The molecule has 2 saturated heterocycles. The van der Waals surface area contributed by atoms with E-state index in [1.165, 1.54) is 26.2 Å². The summed E-state index contributed by atoms with van der Waals surface area (Å²) in [6.07, 6.45) is 2.86. The van der Waals surface area contributed by atoms with Crippen molar-refractivity contribution < 1.29 is 24.0 Å². The number of piperidine rings is 2. The summed E-state index contributed by atoms with van der Waals surface area (Å²) in [5.74, 6) is -0.334. The van der Waals surface area contributed by atoms with E-state index in [0.29, 0.717) is 44.8 Å². The van der Waals surface area contributed by atoms with Crippen LogP contribution >= 0.6 is 0 Å². The minimum atomic E-state index is -0.968. The molecule has 2 aromatic carbocycles.